The number of rotatable bonds is 14. The lowest BCUT2D eigenvalue weighted by molar-refractivity contribution is -0.216. The third-order valence-corrected chi connectivity index (χ3v) is 6.12. The molecule has 1 aliphatic rings. The first kappa shape index (κ1) is 32.0. The molecule has 0 spiro atoms. The van der Waals surface area contributed by atoms with Crippen LogP contribution in [0.5, 0.6) is 0 Å². The number of aliphatic hydroxyl groups is 4. The van der Waals surface area contributed by atoms with Crippen LogP contribution in [0, 0.1) is 0 Å². The van der Waals surface area contributed by atoms with E-state index in [0.717, 1.165) is 0 Å². The van der Waals surface area contributed by atoms with Gasteiger partial charge in [-0.1, -0.05) is 13.8 Å². The van der Waals surface area contributed by atoms with Crippen molar-refractivity contribution in [3.8, 4) is 0 Å². The maximum absolute atomic E-state index is 12.4. The van der Waals surface area contributed by atoms with Gasteiger partial charge in [-0.15, -0.1) is 0 Å². The summed E-state index contributed by atoms with van der Waals surface area (Å²) in [6, 6.07) is 0. The van der Waals surface area contributed by atoms with Gasteiger partial charge in [-0.25, -0.2) is 9.13 Å². The molecule has 0 radical (unpaired) electrons. The number of phosphoric ester groups is 2. The van der Waals surface area contributed by atoms with Crippen LogP contribution in [0.1, 0.15) is 39.5 Å². The van der Waals surface area contributed by atoms with E-state index < -0.39 is 83.5 Å². The molecule has 1 aliphatic carbocycles. The number of carbonyl (C=O) groups excluding carboxylic acids is 2. The van der Waals surface area contributed by atoms with Crippen LogP contribution < -0.4 is 0 Å². The molecule has 0 amide bonds. The Morgan fingerprint density at radius 1 is 0.771 bits per heavy atom. The molecule has 16 nitrogen and oxygen atoms in total. The first-order valence-corrected chi connectivity index (χ1v) is 13.6. The lowest BCUT2D eigenvalue weighted by Gasteiger charge is -2.43. The van der Waals surface area contributed by atoms with Crippen LogP contribution in [0.15, 0.2) is 0 Å². The van der Waals surface area contributed by atoms with E-state index >= 15 is 0 Å². The molecule has 206 valence electrons. The number of hydrogen-bond donors (Lipinski definition) is 7. The summed E-state index contributed by atoms with van der Waals surface area (Å²) >= 11 is 0. The molecule has 1 rings (SSSR count). The van der Waals surface area contributed by atoms with Gasteiger partial charge in [0.05, 0.1) is 6.61 Å². The van der Waals surface area contributed by atoms with Gasteiger partial charge in [-0.3, -0.25) is 23.2 Å². The monoisotopic (exact) mass is 554 g/mol. The second kappa shape index (κ2) is 14.1. The second-order valence-electron chi connectivity index (χ2n) is 7.65. The van der Waals surface area contributed by atoms with E-state index in [0.29, 0.717) is 12.8 Å². The minimum Gasteiger partial charge on any atom is -0.462 e. The van der Waals surface area contributed by atoms with Crippen LogP contribution in [0.2, 0.25) is 0 Å². The van der Waals surface area contributed by atoms with Crippen molar-refractivity contribution in [3.63, 3.8) is 0 Å². The molecule has 1 saturated carbocycles. The molecule has 0 heterocycles. The summed E-state index contributed by atoms with van der Waals surface area (Å²) in [5.41, 5.74) is 0. The van der Waals surface area contributed by atoms with Crippen molar-refractivity contribution < 1.29 is 76.9 Å². The van der Waals surface area contributed by atoms with E-state index in [1.807, 2.05) is 0 Å². The van der Waals surface area contributed by atoms with E-state index in [1.54, 1.807) is 13.8 Å². The maximum atomic E-state index is 12.4. The summed E-state index contributed by atoms with van der Waals surface area (Å²) < 4.78 is 46.9. The SMILES string of the molecule is CCCC(=O)OCC(COP(=O)(O)OC1[C@H](O)[C@H](O)C(OP(=O)(O)O)[C@H](O)[C@H]1O)OC(=O)CCC. The standard InChI is InChI=1S/C17H32O16P2/c1-3-5-10(18)29-7-9(31-11(19)6-4-2)8-30-35(27,28)33-17-14(22)12(20)16(13(21)15(17)23)32-34(24,25)26/h9,12-17,20-23H,3-8H2,1-2H3,(H,27,28)(H2,24,25,26)/t9?,12-,13+,14-,15-,16?,17?/m1/s1. The van der Waals surface area contributed by atoms with Crippen molar-refractivity contribution >= 4 is 27.6 Å². The average Bonchev–Trinajstić information content (AvgIpc) is 2.74. The molecule has 18 heteroatoms. The molecule has 0 aromatic rings. The van der Waals surface area contributed by atoms with E-state index in [4.69, 9.17) is 23.8 Å². The van der Waals surface area contributed by atoms with Crippen molar-refractivity contribution in [2.75, 3.05) is 13.2 Å². The Bertz CT molecular complexity index is 770. The summed E-state index contributed by atoms with van der Waals surface area (Å²) in [4.78, 5) is 51.1. The second-order valence-corrected chi connectivity index (χ2v) is 10.3. The summed E-state index contributed by atoms with van der Waals surface area (Å²) in [7, 11) is -10.5. The van der Waals surface area contributed by atoms with Gasteiger partial charge in [-0.05, 0) is 12.8 Å². The highest BCUT2D eigenvalue weighted by Gasteiger charge is 2.54. The fraction of sp³-hybridized carbons (Fsp3) is 0.882. The van der Waals surface area contributed by atoms with Crippen LogP contribution in [-0.2, 0) is 41.8 Å². The first-order valence-electron chi connectivity index (χ1n) is 10.6. The first-order chi connectivity index (χ1) is 16.1. The largest absolute Gasteiger partial charge is 0.472 e. The normalized spacial score (nSPS) is 29.7. The van der Waals surface area contributed by atoms with E-state index in [1.165, 1.54) is 0 Å². The van der Waals surface area contributed by atoms with Crippen LogP contribution in [0.4, 0.5) is 0 Å². The minimum absolute atomic E-state index is 0.000771. The predicted octanol–water partition coefficient (Wildman–Crippen LogP) is -1.52. The van der Waals surface area contributed by atoms with Gasteiger partial charge in [0.25, 0.3) is 0 Å². The van der Waals surface area contributed by atoms with Gasteiger partial charge in [0.2, 0.25) is 0 Å². The molecule has 4 unspecified atom stereocenters. The number of phosphoric acid groups is 2. The number of hydrogen-bond acceptors (Lipinski definition) is 13. The lowest BCUT2D eigenvalue weighted by atomic mass is 9.85. The van der Waals surface area contributed by atoms with Gasteiger partial charge in [0.1, 0.15) is 43.2 Å². The predicted molar refractivity (Wildman–Crippen MR) is 112 cm³/mol. The number of ether oxygens (including phenoxy) is 2. The van der Waals surface area contributed by atoms with Crippen molar-refractivity contribution in [1.29, 1.82) is 0 Å². The zero-order valence-electron chi connectivity index (χ0n) is 19.0. The smallest absolute Gasteiger partial charge is 0.462 e. The third-order valence-electron chi connectivity index (χ3n) is 4.62. The molecular formula is C17H32O16P2. The van der Waals surface area contributed by atoms with Crippen LogP contribution in [0.3, 0.4) is 0 Å². The Hall–Kier alpha value is -1.00. The molecule has 0 aromatic carbocycles. The van der Waals surface area contributed by atoms with Crippen molar-refractivity contribution in [1.82, 2.24) is 0 Å². The fourth-order valence-corrected chi connectivity index (χ4v) is 4.52. The highest BCUT2D eigenvalue weighted by atomic mass is 31.2. The van der Waals surface area contributed by atoms with Crippen molar-refractivity contribution in [3.05, 3.63) is 0 Å². The summed E-state index contributed by atoms with van der Waals surface area (Å²) in [5, 5.41) is 40.2. The van der Waals surface area contributed by atoms with Crippen LogP contribution >= 0.6 is 15.6 Å². The van der Waals surface area contributed by atoms with Gasteiger partial charge < -0.3 is 44.6 Å². The summed E-state index contributed by atoms with van der Waals surface area (Å²) in [6.45, 7) is 2.09. The van der Waals surface area contributed by atoms with Crippen molar-refractivity contribution in [2.24, 2.45) is 0 Å². The Labute approximate surface area is 200 Å². The average molecular weight is 554 g/mol. The molecular weight excluding hydrogens is 522 g/mol. The zero-order valence-corrected chi connectivity index (χ0v) is 20.8. The Balaban J connectivity index is 2.85. The molecule has 8 atom stereocenters. The highest BCUT2D eigenvalue weighted by Crippen LogP contribution is 2.48. The van der Waals surface area contributed by atoms with Gasteiger partial charge in [0.15, 0.2) is 6.10 Å². The summed E-state index contributed by atoms with van der Waals surface area (Å²) in [5.74, 6) is -1.32. The minimum atomic E-state index is -5.27. The highest BCUT2D eigenvalue weighted by molar-refractivity contribution is 7.47. The molecule has 1 fully saturated rings. The number of aliphatic hydroxyl groups excluding tert-OH is 4. The lowest BCUT2D eigenvalue weighted by Crippen LogP contribution is -2.64. The zero-order chi connectivity index (χ0) is 27.0. The fourth-order valence-electron chi connectivity index (χ4n) is 2.98. The van der Waals surface area contributed by atoms with Crippen molar-refractivity contribution in [2.45, 2.75) is 82.3 Å². The summed E-state index contributed by atoms with van der Waals surface area (Å²) in [6.07, 6.45) is -13.7. The van der Waals surface area contributed by atoms with E-state index in [-0.39, 0.29) is 12.8 Å². The molecule has 35 heavy (non-hydrogen) atoms. The molecule has 0 aliphatic heterocycles. The third kappa shape index (κ3) is 10.9. The van der Waals surface area contributed by atoms with E-state index in [9.17, 15) is 44.0 Å². The molecule has 0 saturated heterocycles. The topological polar surface area (TPSA) is 256 Å². The van der Waals surface area contributed by atoms with Gasteiger partial charge in [-0.2, -0.15) is 0 Å². The maximum Gasteiger partial charge on any atom is 0.472 e. The Morgan fingerprint density at radius 3 is 1.69 bits per heavy atom. The van der Waals surface area contributed by atoms with Crippen LogP contribution in [-0.4, -0.2) is 103 Å². The van der Waals surface area contributed by atoms with Crippen LogP contribution in [0.25, 0.3) is 0 Å². The molecule has 7 N–H and O–H groups in total. The van der Waals surface area contributed by atoms with E-state index in [2.05, 4.69) is 9.05 Å². The quantitative estimate of drug-likeness (QED) is 0.0950. The number of carbonyl (C=O) groups is 2. The van der Waals surface area contributed by atoms with Gasteiger partial charge in [0, 0.05) is 12.8 Å². The van der Waals surface area contributed by atoms with Gasteiger partial charge >= 0.3 is 27.6 Å². The molecule has 0 aromatic heterocycles. The Morgan fingerprint density at radius 2 is 1.23 bits per heavy atom. The molecule has 0 bridgehead atoms. The Kier molecular flexibility index (Phi) is 12.9. The number of esters is 2.